The van der Waals surface area contributed by atoms with Gasteiger partial charge in [0.15, 0.2) is 0 Å². The Balaban J connectivity index is 1.56. The molecule has 1 saturated heterocycles. The molecule has 3 atom stereocenters. The van der Waals surface area contributed by atoms with Crippen LogP contribution in [0.1, 0.15) is 41.8 Å². The van der Waals surface area contributed by atoms with Crippen molar-refractivity contribution in [3.05, 3.63) is 134 Å². The number of carbonyl (C=O) groups is 1. The molecule has 0 radical (unpaired) electrons. The average Bonchev–Trinajstić information content (AvgIpc) is 3.38. The van der Waals surface area contributed by atoms with Gasteiger partial charge < -0.3 is 18.9 Å². The number of benzene rings is 3. The number of nitrogens with zero attached hydrogens (tertiary/aromatic N) is 1. The van der Waals surface area contributed by atoms with E-state index in [0.29, 0.717) is 11.3 Å². The molecule has 5 rings (SSSR count). The fourth-order valence-corrected chi connectivity index (χ4v) is 5.29. The molecule has 1 aliphatic rings. The van der Waals surface area contributed by atoms with E-state index in [-0.39, 0.29) is 13.0 Å². The van der Waals surface area contributed by atoms with Crippen LogP contribution in [0.4, 0.5) is 0 Å². The standard InChI is InChI=1S/C32H32N2O7/c1-21-19-34(31(37)33-30(21)36)29-18-27(40-22(2)35)28(41-29)20-39-32(23-10-6-4-7-11-23,24-12-8-5-9-13-24)25-14-16-26(38-3)17-15-25/h4-17,19,27-29H,18,20H2,1-3H3,(H,33,36,37)/t27-,28+,29+/m0/s1. The van der Waals surface area contributed by atoms with Crippen molar-refractivity contribution >= 4 is 5.97 Å². The summed E-state index contributed by atoms with van der Waals surface area (Å²) in [7, 11) is 1.62. The van der Waals surface area contributed by atoms with Crippen molar-refractivity contribution in [2.75, 3.05) is 13.7 Å². The van der Waals surface area contributed by atoms with Gasteiger partial charge in [-0.3, -0.25) is 19.1 Å². The predicted molar refractivity (Wildman–Crippen MR) is 152 cm³/mol. The molecule has 1 N–H and O–H groups in total. The van der Waals surface area contributed by atoms with Crippen molar-refractivity contribution in [1.29, 1.82) is 0 Å². The van der Waals surface area contributed by atoms with E-state index in [1.54, 1.807) is 14.0 Å². The summed E-state index contributed by atoms with van der Waals surface area (Å²) in [5.74, 6) is 0.240. The van der Waals surface area contributed by atoms with E-state index in [9.17, 15) is 14.4 Å². The van der Waals surface area contributed by atoms with Crippen LogP contribution in [-0.2, 0) is 24.6 Å². The molecule has 0 amide bonds. The van der Waals surface area contributed by atoms with Crippen molar-refractivity contribution < 1.29 is 23.7 Å². The minimum atomic E-state index is -1.05. The average molecular weight is 557 g/mol. The van der Waals surface area contributed by atoms with Gasteiger partial charge in [0.05, 0.1) is 13.7 Å². The van der Waals surface area contributed by atoms with Gasteiger partial charge in [-0.2, -0.15) is 0 Å². The first kappa shape index (κ1) is 28.1. The van der Waals surface area contributed by atoms with Gasteiger partial charge in [0.1, 0.15) is 29.8 Å². The lowest BCUT2D eigenvalue weighted by Gasteiger charge is -2.37. The highest BCUT2D eigenvalue weighted by Crippen LogP contribution is 2.42. The van der Waals surface area contributed by atoms with E-state index in [1.165, 1.54) is 17.7 Å². The molecule has 3 aromatic carbocycles. The van der Waals surface area contributed by atoms with E-state index in [1.807, 2.05) is 84.9 Å². The van der Waals surface area contributed by atoms with Gasteiger partial charge in [-0.1, -0.05) is 72.8 Å². The summed E-state index contributed by atoms with van der Waals surface area (Å²) in [4.78, 5) is 38.9. The van der Waals surface area contributed by atoms with Crippen molar-refractivity contribution in [2.24, 2.45) is 0 Å². The van der Waals surface area contributed by atoms with Crippen LogP contribution in [0.3, 0.4) is 0 Å². The topological polar surface area (TPSA) is 109 Å². The third-order valence-electron chi connectivity index (χ3n) is 7.28. The molecule has 1 fully saturated rings. The first-order chi connectivity index (χ1) is 19.8. The Morgan fingerprint density at radius 3 is 2.10 bits per heavy atom. The molecule has 1 aromatic heterocycles. The van der Waals surface area contributed by atoms with Gasteiger partial charge >= 0.3 is 11.7 Å². The normalized spacial score (nSPS) is 18.7. The van der Waals surface area contributed by atoms with Crippen molar-refractivity contribution in [2.45, 2.75) is 44.3 Å². The second kappa shape index (κ2) is 12.0. The lowest BCUT2D eigenvalue weighted by molar-refractivity contribution is -0.153. The zero-order chi connectivity index (χ0) is 29.0. The van der Waals surface area contributed by atoms with E-state index in [2.05, 4.69) is 4.98 Å². The monoisotopic (exact) mass is 556 g/mol. The van der Waals surface area contributed by atoms with Crippen LogP contribution in [0.5, 0.6) is 5.75 Å². The number of H-pyrrole nitrogens is 1. The second-order valence-corrected chi connectivity index (χ2v) is 9.94. The first-order valence-corrected chi connectivity index (χ1v) is 13.4. The Morgan fingerprint density at radius 1 is 0.951 bits per heavy atom. The quantitative estimate of drug-likeness (QED) is 0.244. The Bertz CT molecular complexity index is 1560. The molecule has 9 nitrogen and oxygen atoms in total. The lowest BCUT2D eigenvalue weighted by atomic mass is 9.80. The van der Waals surface area contributed by atoms with Gasteiger partial charge in [-0.15, -0.1) is 0 Å². The van der Waals surface area contributed by atoms with Crippen LogP contribution in [-0.4, -0.2) is 41.4 Å². The molecule has 9 heteroatoms. The third kappa shape index (κ3) is 5.73. The molecule has 4 aromatic rings. The number of aromatic nitrogens is 2. The summed E-state index contributed by atoms with van der Waals surface area (Å²) in [5.41, 5.74) is 0.892. The lowest BCUT2D eigenvalue weighted by Crippen LogP contribution is -2.39. The maximum atomic E-state index is 12.6. The van der Waals surface area contributed by atoms with Crippen molar-refractivity contribution in [3.8, 4) is 5.75 Å². The van der Waals surface area contributed by atoms with Gasteiger partial charge in [0.2, 0.25) is 0 Å². The molecule has 1 aliphatic heterocycles. The number of carbonyl (C=O) groups excluding carboxylic acids is 1. The van der Waals surface area contributed by atoms with E-state index in [0.717, 1.165) is 16.7 Å². The summed E-state index contributed by atoms with van der Waals surface area (Å²) >= 11 is 0. The predicted octanol–water partition coefficient (Wildman–Crippen LogP) is 4.08. The minimum Gasteiger partial charge on any atom is -0.497 e. The molecule has 0 saturated carbocycles. The van der Waals surface area contributed by atoms with Crippen LogP contribution in [0.25, 0.3) is 0 Å². The van der Waals surface area contributed by atoms with Gasteiger partial charge in [0, 0.05) is 25.1 Å². The Hall–Kier alpha value is -4.47. The Labute approximate surface area is 237 Å². The molecule has 2 heterocycles. The highest BCUT2D eigenvalue weighted by Gasteiger charge is 2.43. The molecule has 212 valence electrons. The molecular weight excluding hydrogens is 524 g/mol. The Kier molecular flexibility index (Phi) is 8.19. The van der Waals surface area contributed by atoms with Crippen LogP contribution < -0.4 is 16.0 Å². The summed E-state index contributed by atoms with van der Waals surface area (Å²) in [6, 6.07) is 27.4. The number of esters is 1. The highest BCUT2D eigenvalue weighted by atomic mass is 16.6. The maximum Gasteiger partial charge on any atom is 0.330 e. The number of hydrogen-bond acceptors (Lipinski definition) is 7. The summed E-state index contributed by atoms with van der Waals surface area (Å²) in [6.45, 7) is 2.97. The molecule has 0 aliphatic carbocycles. The first-order valence-electron chi connectivity index (χ1n) is 13.4. The van der Waals surface area contributed by atoms with Gasteiger partial charge in [-0.25, -0.2) is 4.79 Å². The molecule has 41 heavy (non-hydrogen) atoms. The number of nitrogens with one attached hydrogen (secondary N) is 1. The number of aromatic amines is 1. The second-order valence-electron chi connectivity index (χ2n) is 9.94. The number of methoxy groups -OCH3 is 1. The maximum absolute atomic E-state index is 12.6. The summed E-state index contributed by atoms with van der Waals surface area (Å²) in [6.07, 6.45) is -0.481. The van der Waals surface area contributed by atoms with E-state index < -0.39 is 41.3 Å². The van der Waals surface area contributed by atoms with E-state index >= 15 is 0 Å². The molecule has 0 spiro atoms. The SMILES string of the molecule is COc1ccc(C(OC[C@H]2O[C@@H](n3cc(C)c(=O)[nH]c3=O)C[C@@H]2OC(C)=O)(c2ccccc2)c2ccccc2)cc1. The smallest absolute Gasteiger partial charge is 0.330 e. The van der Waals surface area contributed by atoms with Crippen LogP contribution in [0, 0.1) is 6.92 Å². The minimum absolute atomic E-state index is 0.0291. The van der Waals surface area contributed by atoms with Gasteiger partial charge in [0.25, 0.3) is 5.56 Å². The molecular formula is C32H32N2O7. The van der Waals surface area contributed by atoms with Crippen molar-refractivity contribution in [1.82, 2.24) is 9.55 Å². The van der Waals surface area contributed by atoms with E-state index in [4.69, 9.17) is 18.9 Å². The van der Waals surface area contributed by atoms with Crippen LogP contribution >= 0.6 is 0 Å². The van der Waals surface area contributed by atoms with Crippen LogP contribution in [0.15, 0.2) is 101 Å². The zero-order valence-electron chi connectivity index (χ0n) is 23.1. The fraction of sp³-hybridized carbons (Fsp3) is 0.281. The van der Waals surface area contributed by atoms with Crippen LogP contribution in [0.2, 0.25) is 0 Å². The number of hydrogen-bond donors (Lipinski definition) is 1. The zero-order valence-corrected chi connectivity index (χ0v) is 23.1. The molecule has 0 bridgehead atoms. The largest absolute Gasteiger partial charge is 0.497 e. The Morgan fingerprint density at radius 2 is 1.54 bits per heavy atom. The fourth-order valence-electron chi connectivity index (χ4n) is 5.29. The summed E-state index contributed by atoms with van der Waals surface area (Å²) < 4.78 is 25.6. The number of rotatable bonds is 9. The molecule has 0 unspecified atom stereocenters. The van der Waals surface area contributed by atoms with Gasteiger partial charge in [-0.05, 0) is 35.7 Å². The summed E-state index contributed by atoms with van der Waals surface area (Å²) in [5, 5.41) is 0. The number of aryl methyl sites for hydroxylation is 1. The van der Waals surface area contributed by atoms with Crippen molar-refractivity contribution in [3.63, 3.8) is 0 Å². The highest BCUT2D eigenvalue weighted by molar-refractivity contribution is 5.66. The number of ether oxygens (including phenoxy) is 4. The third-order valence-corrected chi connectivity index (χ3v) is 7.28.